The van der Waals surface area contributed by atoms with Gasteiger partial charge in [-0.15, -0.1) is 0 Å². The number of ether oxygens (including phenoxy) is 1. The van der Waals surface area contributed by atoms with Gasteiger partial charge in [-0.3, -0.25) is 5.10 Å². The van der Waals surface area contributed by atoms with Crippen LogP contribution < -0.4 is 10.1 Å². The number of H-pyrrole nitrogens is 1. The molecule has 0 amide bonds. The van der Waals surface area contributed by atoms with Crippen LogP contribution in [0.15, 0.2) is 42.5 Å². The Morgan fingerprint density at radius 3 is 2.83 bits per heavy atom. The molecule has 124 valence electrons. The van der Waals surface area contributed by atoms with Crippen molar-refractivity contribution in [2.24, 2.45) is 0 Å². The Labute approximate surface area is 135 Å². The molecule has 0 spiro atoms. The predicted octanol–water partition coefficient (Wildman–Crippen LogP) is 3.47. The number of aromatic nitrogens is 2. The van der Waals surface area contributed by atoms with E-state index in [-0.39, 0.29) is 18.0 Å². The molecule has 0 bridgehead atoms. The first-order valence-corrected chi connectivity index (χ1v) is 7.02. The molecular formula is C16H13F2N3O3. The third kappa shape index (κ3) is 3.27. The Morgan fingerprint density at radius 2 is 2.08 bits per heavy atom. The molecule has 0 saturated heterocycles. The van der Waals surface area contributed by atoms with E-state index < -0.39 is 12.6 Å². The van der Waals surface area contributed by atoms with Crippen LogP contribution in [0.1, 0.15) is 16.1 Å². The molecule has 3 rings (SSSR count). The molecule has 0 aliphatic carbocycles. The molecule has 3 aromatic rings. The number of halogens is 2. The topological polar surface area (TPSA) is 87.2 Å². The molecule has 3 N–H and O–H groups in total. The van der Waals surface area contributed by atoms with Gasteiger partial charge in [0.25, 0.3) is 0 Å². The second-order valence-electron chi connectivity index (χ2n) is 4.98. The lowest BCUT2D eigenvalue weighted by Crippen LogP contribution is -2.07. The summed E-state index contributed by atoms with van der Waals surface area (Å²) in [6.07, 6.45) is 0. The maximum absolute atomic E-state index is 12.4. The molecule has 6 nitrogen and oxygen atoms in total. The number of carbonyl (C=O) groups is 1. The Kier molecular flexibility index (Phi) is 4.28. The molecule has 0 fully saturated rings. The normalized spacial score (nSPS) is 11.0. The smallest absolute Gasteiger partial charge is 0.387 e. The van der Waals surface area contributed by atoms with E-state index in [1.165, 1.54) is 6.07 Å². The summed E-state index contributed by atoms with van der Waals surface area (Å²) in [6, 6.07) is 11.5. The molecule has 24 heavy (non-hydrogen) atoms. The van der Waals surface area contributed by atoms with E-state index in [1.54, 1.807) is 36.4 Å². The zero-order valence-electron chi connectivity index (χ0n) is 12.3. The number of rotatable bonds is 6. The minimum Gasteiger partial charge on any atom is -0.476 e. The highest BCUT2D eigenvalue weighted by Crippen LogP contribution is 2.24. The van der Waals surface area contributed by atoms with Crippen molar-refractivity contribution in [1.29, 1.82) is 0 Å². The van der Waals surface area contributed by atoms with Crippen molar-refractivity contribution in [3.8, 4) is 5.75 Å². The Morgan fingerprint density at radius 1 is 1.29 bits per heavy atom. The summed E-state index contributed by atoms with van der Waals surface area (Å²) in [7, 11) is 0. The minimum atomic E-state index is -2.90. The second-order valence-corrected chi connectivity index (χ2v) is 4.98. The monoisotopic (exact) mass is 333 g/mol. The number of alkyl halides is 2. The fourth-order valence-electron chi connectivity index (χ4n) is 2.35. The number of carboxylic acids is 1. The van der Waals surface area contributed by atoms with Gasteiger partial charge in [0.05, 0.1) is 5.52 Å². The number of fused-ring (bicyclic) bond motifs is 1. The fourth-order valence-corrected chi connectivity index (χ4v) is 2.35. The van der Waals surface area contributed by atoms with E-state index in [0.29, 0.717) is 22.2 Å². The highest BCUT2D eigenvalue weighted by Gasteiger charge is 2.13. The third-order valence-corrected chi connectivity index (χ3v) is 3.44. The van der Waals surface area contributed by atoms with Crippen molar-refractivity contribution >= 4 is 22.6 Å². The standard InChI is InChI=1S/C16H13F2N3O3/c17-16(18)24-13-4-2-1-3-9(13)8-19-10-5-6-12-11(7-10)14(15(22)23)21-20-12/h1-7,16,19H,8H2,(H,20,21)(H,22,23). The number of para-hydroxylation sites is 1. The molecule has 0 saturated carbocycles. The summed E-state index contributed by atoms with van der Waals surface area (Å²) >= 11 is 0. The zero-order valence-corrected chi connectivity index (χ0v) is 12.3. The van der Waals surface area contributed by atoms with Crippen molar-refractivity contribution in [3.63, 3.8) is 0 Å². The van der Waals surface area contributed by atoms with Gasteiger partial charge in [0.15, 0.2) is 5.69 Å². The van der Waals surface area contributed by atoms with E-state index in [4.69, 9.17) is 5.11 Å². The van der Waals surface area contributed by atoms with Gasteiger partial charge in [0.1, 0.15) is 5.75 Å². The number of nitrogens with one attached hydrogen (secondary N) is 2. The van der Waals surface area contributed by atoms with Crippen LogP contribution >= 0.6 is 0 Å². The van der Waals surface area contributed by atoms with Gasteiger partial charge in [-0.05, 0) is 24.3 Å². The fraction of sp³-hybridized carbons (Fsp3) is 0.125. The van der Waals surface area contributed by atoms with Crippen LogP contribution in [0.5, 0.6) is 5.75 Å². The van der Waals surface area contributed by atoms with Crippen molar-refractivity contribution in [2.45, 2.75) is 13.2 Å². The van der Waals surface area contributed by atoms with E-state index in [0.717, 1.165) is 0 Å². The lowest BCUT2D eigenvalue weighted by atomic mass is 10.1. The maximum atomic E-state index is 12.4. The first-order valence-electron chi connectivity index (χ1n) is 7.02. The summed E-state index contributed by atoms with van der Waals surface area (Å²) < 4.78 is 29.3. The van der Waals surface area contributed by atoms with Crippen LogP contribution in [0.4, 0.5) is 14.5 Å². The summed E-state index contributed by atoms with van der Waals surface area (Å²) in [4.78, 5) is 11.1. The Hall–Kier alpha value is -3.16. The molecule has 0 aliphatic heterocycles. The van der Waals surface area contributed by atoms with Crippen LogP contribution in [0.25, 0.3) is 10.9 Å². The molecular weight excluding hydrogens is 320 g/mol. The van der Waals surface area contributed by atoms with E-state index >= 15 is 0 Å². The summed E-state index contributed by atoms with van der Waals surface area (Å²) in [5.41, 5.74) is 1.72. The first kappa shape index (κ1) is 15.7. The van der Waals surface area contributed by atoms with Crippen molar-refractivity contribution in [2.75, 3.05) is 5.32 Å². The summed E-state index contributed by atoms with van der Waals surface area (Å²) in [5, 5.41) is 19.0. The predicted molar refractivity (Wildman–Crippen MR) is 83.5 cm³/mol. The number of benzene rings is 2. The van der Waals surface area contributed by atoms with Crippen molar-refractivity contribution < 1.29 is 23.4 Å². The lowest BCUT2D eigenvalue weighted by Gasteiger charge is -2.12. The minimum absolute atomic E-state index is 0.0740. The Balaban J connectivity index is 1.81. The largest absolute Gasteiger partial charge is 0.476 e. The number of aromatic amines is 1. The van der Waals surface area contributed by atoms with Gasteiger partial charge < -0.3 is 15.2 Å². The first-order chi connectivity index (χ1) is 11.5. The van der Waals surface area contributed by atoms with Crippen LogP contribution in [-0.2, 0) is 6.54 Å². The van der Waals surface area contributed by atoms with Gasteiger partial charge in [0, 0.05) is 23.2 Å². The number of aromatic carboxylic acids is 1. The van der Waals surface area contributed by atoms with Gasteiger partial charge in [0.2, 0.25) is 0 Å². The quantitative estimate of drug-likeness (QED) is 0.643. The number of hydrogen-bond acceptors (Lipinski definition) is 4. The maximum Gasteiger partial charge on any atom is 0.387 e. The van der Waals surface area contributed by atoms with Crippen LogP contribution in [0.3, 0.4) is 0 Å². The summed E-state index contributed by atoms with van der Waals surface area (Å²) in [6.45, 7) is -2.65. The van der Waals surface area contributed by atoms with Gasteiger partial charge in [-0.2, -0.15) is 13.9 Å². The average Bonchev–Trinajstić information content (AvgIpc) is 2.97. The second kappa shape index (κ2) is 6.53. The number of carboxylic acid groups (broad SMARTS) is 1. The average molecular weight is 333 g/mol. The van der Waals surface area contributed by atoms with E-state index in [2.05, 4.69) is 20.3 Å². The molecule has 0 radical (unpaired) electrons. The zero-order chi connectivity index (χ0) is 17.1. The molecule has 1 aromatic heterocycles. The van der Waals surface area contributed by atoms with Crippen LogP contribution in [-0.4, -0.2) is 27.9 Å². The SMILES string of the molecule is O=C(O)c1n[nH]c2ccc(NCc3ccccc3OC(F)F)cc12. The van der Waals surface area contributed by atoms with E-state index in [9.17, 15) is 13.6 Å². The highest BCUT2D eigenvalue weighted by atomic mass is 19.3. The third-order valence-electron chi connectivity index (χ3n) is 3.44. The molecule has 0 unspecified atom stereocenters. The lowest BCUT2D eigenvalue weighted by molar-refractivity contribution is -0.0504. The van der Waals surface area contributed by atoms with Crippen molar-refractivity contribution in [3.05, 3.63) is 53.7 Å². The molecule has 0 aliphatic rings. The molecule has 1 heterocycles. The van der Waals surface area contributed by atoms with Crippen molar-refractivity contribution in [1.82, 2.24) is 10.2 Å². The number of anilines is 1. The molecule has 0 atom stereocenters. The van der Waals surface area contributed by atoms with Gasteiger partial charge in [-0.25, -0.2) is 4.79 Å². The van der Waals surface area contributed by atoms with Gasteiger partial charge in [-0.1, -0.05) is 18.2 Å². The number of hydrogen-bond donors (Lipinski definition) is 3. The molecule has 2 aromatic carbocycles. The summed E-state index contributed by atoms with van der Waals surface area (Å²) in [5.74, 6) is -1.04. The highest BCUT2D eigenvalue weighted by molar-refractivity contribution is 6.01. The van der Waals surface area contributed by atoms with Crippen LogP contribution in [0.2, 0.25) is 0 Å². The van der Waals surface area contributed by atoms with Crippen LogP contribution in [0, 0.1) is 0 Å². The Bertz CT molecular complexity index is 880. The van der Waals surface area contributed by atoms with Gasteiger partial charge >= 0.3 is 12.6 Å². The van der Waals surface area contributed by atoms with E-state index in [1.807, 2.05) is 0 Å². The number of nitrogens with zero attached hydrogens (tertiary/aromatic N) is 1. The molecule has 8 heteroatoms.